The lowest BCUT2D eigenvalue weighted by molar-refractivity contribution is -0.123. The van der Waals surface area contributed by atoms with Gasteiger partial charge in [-0.1, -0.05) is 30.3 Å². The molecule has 0 aliphatic rings. The van der Waals surface area contributed by atoms with Crippen LogP contribution in [0.1, 0.15) is 5.56 Å². The second-order valence-electron chi connectivity index (χ2n) is 5.26. The molecule has 0 saturated carbocycles. The van der Waals surface area contributed by atoms with Gasteiger partial charge in [0.25, 0.3) is 5.91 Å². The van der Waals surface area contributed by atoms with Gasteiger partial charge in [0.1, 0.15) is 5.75 Å². The van der Waals surface area contributed by atoms with E-state index in [1.807, 2.05) is 72.5 Å². The molecule has 1 amide bonds. The van der Waals surface area contributed by atoms with E-state index in [1.165, 1.54) is 0 Å². The first-order valence-corrected chi connectivity index (χ1v) is 7.20. The topological polar surface area (TPSA) is 43.3 Å². The Morgan fingerprint density at radius 2 is 1.95 bits per heavy atom. The largest absolute Gasteiger partial charge is 0.484 e. The summed E-state index contributed by atoms with van der Waals surface area (Å²) in [5, 5.41) is 5.10. The van der Waals surface area contributed by atoms with Crippen LogP contribution in [0.5, 0.6) is 5.75 Å². The highest BCUT2D eigenvalue weighted by molar-refractivity contribution is 5.84. The Hall–Kier alpha value is -2.75. The first-order chi connectivity index (χ1) is 10.7. The zero-order valence-electron chi connectivity index (χ0n) is 12.5. The summed E-state index contributed by atoms with van der Waals surface area (Å²) >= 11 is 0. The first-order valence-electron chi connectivity index (χ1n) is 7.20. The van der Waals surface area contributed by atoms with Gasteiger partial charge in [-0.3, -0.25) is 4.79 Å². The molecular weight excluding hydrogens is 276 g/mol. The standard InChI is InChI=1S/C18H18N2O2/c1-20-9-8-14(12-20)11-19-18(21)13-22-17-7-6-15-4-2-3-5-16(15)10-17/h2-10,12H,11,13H2,1H3,(H,19,21). The van der Waals surface area contributed by atoms with Crippen molar-refractivity contribution in [2.24, 2.45) is 7.05 Å². The van der Waals surface area contributed by atoms with E-state index in [4.69, 9.17) is 4.74 Å². The van der Waals surface area contributed by atoms with Gasteiger partial charge < -0.3 is 14.6 Å². The highest BCUT2D eigenvalue weighted by Gasteiger charge is 2.04. The number of aryl methyl sites for hydroxylation is 1. The number of carbonyl (C=O) groups excluding carboxylic acids is 1. The Morgan fingerprint density at radius 3 is 2.73 bits per heavy atom. The van der Waals surface area contributed by atoms with Crippen molar-refractivity contribution in [3.63, 3.8) is 0 Å². The normalized spacial score (nSPS) is 10.6. The second kappa shape index (κ2) is 6.35. The first kappa shape index (κ1) is 14.2. The molecule has 0 aliphatic heterocycles. The van der Waals surface area contributed by atoms with Gasteiger partial charge in [-0.05, 0) is 34.5 Å². The molecule has 1 N–H and O–H groups in total. The van der Waals surface area contributed by atoms with Crippen molar-refractivity contribution in [3.8, 4) is 5.75 Å². The Kier molecular flexibility index (Phi) is 4.10. The summed E-state index contributed by atoms with van der Waals surface area (Å²) in [6.45, 7) is 0.534. The molecule has 2 aromatic carbocycles. The van der Waals surface area contributed by atoms with E-state index >= 15 is 0 Å². The number of carbonyl (C=O) groups is 1. The summed E-state index contributed by atoms with van der Waals surface area (Å²) in [5.74, 6) is 0.575. The number of fused-ring (bicyclic) bond motifs is 1. The SMILES string of the molecule is Cn1ccc(CNC(=O)COc2ccc3ccccc3c2)c1. The van der Waals surface area contributed by atoms with Crippen LogP contribution in [0.25, 0.3) is 10.8 Å². The Bertz CT molecular complexity index is 792. The van der Waals surface area contributed by atoms with Crippen molar-refractivity contribution in [2.75, 3.05) is 6.61 Å². The van der Waals surface area contributed by atoms with E-state index < -0.39 is 0 Å². The zero-order valence-corrected chi connectivity index (χ0v) is 12.5. The predicted molar refractivity (Wildman–Crippen MR) is 86.7 cm³/mol. The number of rotatable bonds is 5. The maximum atomic E-state index is 11.8. The van der Waals surface area contributed by atoms with Crippen LogP contribution in [-0.2, 0) is 18.4 Å². The molecule has 0 aliphatic carbocycles. The molecule has 0 bridgehead atoms. The molecule has 22 heavy (non-hydrogen) atoms. The van der Waals surface area contributed by atoms with E-state index in [9.17, 15) is 4.79 Å². The number of hydrogen-bond donors (Lipinski definition) is 1. The Labute approximate surface area is 129 Å². The number of aromatic nitrogens is 1. The molecule has 3 rings (SSSR count). The zero-order chi connectivity index (χ0) is 15.4. The number of nitrogens with zero attached hydrogens (tertiary/aromatic N) is 1. The second-order valence-corrected chi connectivity index (χ2v) is 5.26. The van der Waals surface area contributed by atoms with E-state index in [0.29, 0.717) is 12.3 Å². The van der Waals surface area contributed by atoms with Crippen LogP contribution >= 0.6 is 0 Å². The van der Waals surface area contributed by atoms with Crippen molar-refractivity contribution in [2.45, 2.75) is 6.54 Å². The Morgan fingerprint density at radius 1 is 1.14 bits per heavy atom. The van der Waals surface area contributed by atoms with Crippen molar-refractivity contribution < 1.29 is 9.53 Å². The molecule has 0 saturated heterocycles. The summed E-state index contributed by atoms with van der Waals surface area (Å²) in [5.41, 5.74) is 1.07. The molecule has 1 aromatic heterocycles. The lowest BCUT2D eigenvalue weighted by Crippen LogP contribution is -2.28. The third kappa shape index (κ3) is 3.47. The van der Waals surface area contributed by atoms with Gasteiger partial charge in [0.15, 0.2) is 6.61 Å². The van der Waals surface area contributed by atoms with Crippen LogP contribution in [0.15, 0.2) is 60.9 Å². The number of ether oxygens (including phenoxy) is 1. The van der Waals surface area contributed by atoms with Gasteiger partial charge in [-0.2, -0.15) is 0 Å². The van der Waals surface area contributed by atoms with Crippen LogP contribution in [0.2, 0.25) is 0 Å². The fourth-order valence-corrected chi connectivity index (χ4v) is 2.32. The van der Waals surface area contributed by atoms with Crippen LogP contribution in [0.3, 0.4) is 0 Å². The minimum Gasteiger partial charge on any atom is -0.484 e. The molecule has 3 aromatic rings. The van der Waals surface area contributed by atoms with Crippen LogP contribution < -0.4 is 10.1 Å². The van der Waals surface area contributed by atoms with Crippen LogP contribution in [-0.4, -0.2) is 17.1 Å². The van der Waals surface area contributed by atoms with E-state index in [1.54, 1.807) is 0 Å². The predicted octanol–water partition coefficient (Wildman–Crippen LogP) is 2.87. The monoisotopic (exact) mass is 294 g/mol. The van der Waals surface area contributed by atoms with Crippen molar-refractivity contribution in [1.82, 2.24) is 9.88 Å². The lowest BCUT2D eigenvalue weighted by atomic mass is 10.1. The maximum Gasteiger partial charge on any atom is 0.258 e. The van der Waals surface area contributed by atoms with E-state index in [2.05, 4.69) is 5.32 Å². The lowest BCUT2D eigenvalue weighted by Gasteiger charge is -2.08. The number of hydrogen-bond acceptors (Lipinski definition) is 2. The van der Waals surface area contributed by atoms with E-state index in [-0.39, 0.29) is 12.5 Å². The van der Waals surface area contributed by atoms with Gasteiger partial charge in [0, 0.05) is 26.0 Å². The summed E-state index contributed by atoms with van der Waals surface area (Å²) in [6.07, 6.45) is 3.93. The average Bonchev–Trinajstić information content (AvgIpc) is 2.96. The number of nitrogens with one attached hydrogen (secondary N) is 1. The smallest absolute Gasteiger partial charge is 0.258 e. The molecular formula is C18H18N2O2. The molecule has 4 nitrogen and oxygen atoms in total. The van der Waals surface area contributed by atoms with Crippen molar-refractivity contribution >= 4 is 16.7 Å². The quantitative estimate of drug-likeness (QED) is 0.786. The molecule has 0 radical (unpaired) electrons. The molecule has 0 atom stereocenters. The number of benzene rings is 2. The van der Waals surface area contributed by atoms with Crippen molar-refractivity contribution in [1.29, 1.82) is 0 Å². The third-order valence-corrected chi connectivity index (χ3v) is 3.47. The molecule has 0 fully saturated rings. The summed E-state index contributed by atoms with van der Waals surface area (Å²) < 4.78 is 7.50. The highest BCUT2D eigenvalue weighted by Crippen LogP contribution is 2.20. The highest BCUT2D eigenvalue weighted by atomic mass is 16.5. The van der Waals surface area contributed by atoms with Crippen molar-refractivity contribution in [3.05, 3.63) is 66.5 Å². The van der Waals surface area contributed by atoms with Gasteiger partial charge >= 0.3 is 0 Å². The summed E-state index contributed by atoms with van der Waals surface area (Å²) in [4.78, 5) is 11.8. The van der Waals surface area contributed by atoms with Gasteiger partial charge in [0.2, 0.25) is 0 Å². The third-order valence-electron chi connectivity index (χ3n) is 3.47. The maximum absolute atomic E-state index is 11.8. The van der Waals surface area contributed by atoms with Crippen LogP contribution in [0.4, 0.5) is 0 Å². The molecule has 4 heteroatoms. The minimum atomic E-state index is -0.128. The molecule has 0 spiro atoms. The fourth-order valence-electron chi connectivity index (χ4n) is 2.32. The summed E-state index contributed by atoms with van der Waals surface area (Å²) in [6, 6.07) is 15.9. The minimum absolute atomic E-state index is 0.0190. The number of amides is 1. The molecule has 0 unspecified atom stereocenters. The van der Waals surface area contributed by atoms with E-state index in [0.717, 1.165) is 16.3 Å². The fraction of sp³-hybridized carbons (Fsp3) is 0.167. The average molecular weight is 294 g/mol. The Balaban J connectivity index is 1.53. The van der Waals surface area contributed by atoms with Crippen LogP contribution in [0, 0.1) is 0 Å². The van der Waals surface area contributed by atoms with Gasteiger partial charge in [0.05, 0.1) is 0 Å². The van der Waals surface area contributed by atoms with Gasteiger partial charge in [-0.25, -0.2) is 0 Å². The van der Waals surface area contributed by atoms with Gasteiger partial charge in [-0.15, -0.1) is 0 Å². The summed E-state index contributed by atoms with van der Waals surface area (Å²) in [7, 11) is 1.95. The molecule has 1 heterocycles. The molecule has 112 valence electrons.